The smallest absolute Gasteiger partial charge is 0.00718 e. The zero-order valence-corrected chi connectivity index (χ0v) is 11.9. The number of rotatable bonds is 6. The summed E-state index contributed by atoms with van der Waals surface area (Å²) in [6, 6.07) is 1.21. The van der Waals surface area contributed by atoms with E-state index in [2.05, 4.69) is 25.1 Å². The predicted octanol–water partition coefficient (Wildman–Crippen LogP) is 2.58. The molecule has 0 aromatic rings. The Bertz CT molecular complexity index is 179. The van der Waals surface area contributed by atoms with Crippen LogP contribution in [-0.2, 0) is 0 Å². The minimum atomic E-state index is 0.482. The average molecular weight is 244 g/mol. The van der Waals surface area contributed by atoms with Crippen LogP contribution in [0.3, 0.4) is 0 Å². The van der Waals surface area contributed by atoms with Crippen LogP contribution < -0.4 is 5.73 Å². The van der Waals surface area contributed by atoms with Crippen LogP contribution in [0, 0.1) is 5.92 Å². The zero-order valence-electron chi connectivity index (χ0n) is 11.1. The number of hydrogen-bond donors (Lipinski definition) is 1. The SMILES string of the molecule is CSCCC(C)N(C)CC1CCC(N)CC1. The molecule has 0 saturated heterocycles. The van der Waals surface area contributed by atoms with Crippen LogP contribution in [0.5, 0.6) is 0 Å². The second-order valence-corrected chi connectivity index (χ2v) is 6.34. The van der Waals surface area contributed by atoms with Crippen molar-refractivity contribution < 1.29 is 0 Å². The summed E-state index contributed by atoms with van der Waals surface area (Å²) in [6.07, 6.45) is 8.63. The van der Waals surface area contributed by atoms with Crippen molar-refractivity contribution in [2.24, 2.45) is 11.7 Å². The van der Waals surface area contributed by atoms with Gasteiger partial charge >= 0.3 is 0 Å². The molecule has 1 fully saturated rings. The van der Waals surface area contributed by atoms with Crippen LogP contribution in [0.2, 0.25) is 0 Å². The molecule has 1 unspecified atom stereocenters. The van der Waals surface area contributed by atoms with E-state index in [1.54, 1.807) is 0 Å². The fourth-order valence-electron chi connectivity index (χ4n) is 2.47. The van der Waals surface area contributed by atoms with Gasteiger partial charge in [-0.1, -0.05) is 0 Å². The second kappa shape index (κ2) is 7.57. The molecule has 1 aliphatic rings. The van der Waals surface area contributed by atoms with Gasteiger partial charge in [-0.25, -0.2) is 0 Å². The Labute approximate surface area is 105 Å². The number of nitrogens with two attached hydrogens (primary N) is 1. The van der Waals surface area contributed by atoms with Gasteiger partial charge in [-0.2, -0.15) is 11.8 Å². The van der Waals surface area contributed by atoms with E-state index in [-0.39, 0.29) is 0 Å². The molecule has 0 spiro atoms. The number of hydrogen-bond acceptors (Lipinski definition) is 3. The maximum Gasteiger partial charge on any atom is 0.00718 e. The molecule has 0 radical (unpaired) electrons. The van der Waals surface area contributed by atoms with E-state index >= 15 is 0 Å². The number of nitrogens with zero attached hydrogens (tertiary/aromatic N) is 1. The van der Waals surface area contributed by atoms with Crippen molar-refractivity contribution in [1.82, 2.24) is 4.90 Å². The van der Waals surface area contributed by atoms with Crippen molar-refractivity contribution in [1.29, 1.82) is 0 Å². The van der Waals surface area contributed by atoms with Gasteiger partial charge in [-0.05, 0) is 64.0 Å². The Morgan fingerprint density at radius 2 is 1.94 bits per heavy atom. The Morgan fingerprint density at radius 1 is 1.31 bits per heavy atom. The molecule has 1 atom stereocenters. The molecular formula is C13H28N2S. The third kappa shape index (κ3) is 5.07. The van der Waals surface area contributed by atoms with Crippen LogP contribution in [-0.4, -0.2) is 42.6 Å². The molecule has 2 nitrogen and oxygen atoms in total. The third-order valence-corrected chi connectivity index (χ3v) is 4.57. The molecule has 0 amide bonds. The maximum absolute atomic E-state index is 5.94. The molecule has 0 heterocycles. The summed E-state index contributed by atoms with van der Waals surface area (Å²) in [7, 11) is 2.28. The molecule has 2 N–H and O–H groups in total. The zero-order chi connectivity index (χ0) is 12.0. The quantitative estimate of drug-likeness (QED) is 0.779. The van der Waals surface area contributed by atoms with E-state index < -0.39 is 0 Å². The summed E-state index contributed by atoms with van der Waals surface area (Å²) >= 11 is 1.95. The van der Waals surface area contributed by atoms with Crippen LogP contribution in [0.4, 0.5) is 0 Å². The summed E-state index contributed by atoms with van der Waals surface area (Å²) in [4.78, 5) is 2.54. The van der Waals surface area contributed by atoms with E-state index in [1.807, 2.05) is 11.8 Å². The molecule has 0 aromatic carbocycles. The van der Waals surface area contributed by atoms with Crippen LogP contribution in [0.25, 0.3) is 0 Å². The minimum absolute atomic E-state index is 0.482. The minimum Gasteiger partial charge on any atom is -0.328 e. The molecule has 3 heteroatoms. The standard InChI is InChI=1S/C13H28N2S/c1-11(8-9-16-3)15(2)10-12-4-6-13(14)7-5-12/h11-13H,4-10,14H2,1-3H3. The summed E-state index contributed by atoms with van der Waals surface area (Å²) < 4.78 is 0. The lowest BCUT2D eigenvalue weighted by Gasteiger charge is -2.32. The monoisotopic (exact) mass is 244 g/mol. The molecule has 0 bridgehead atoms. The molecule has 0 aliphatic heterocycles. The topological polar surface area (TPSA) is 29.3 Å². The highest BCUT2D eigenvalue weighted by atomic mass is 32.2. The van der Waals surface area contributed by atoms with Gasteiger partial charge in [0.1, 0.15) is 0 Å². The van der Waals surface area contributed by atoms with Crippen LogP contribution in [0.15, 0.2) is 0 Å². The first-order valence-electron chi connectivity index (χ1n) is 6.58. The van der Waals surface area contributed by atoms with Gasteiger partial charge in [0.2, 0.25) is 0 Å². The average Bonchev–Trinajstić information content (AvgIpc) is 2.29. The van der Waals surface area contributed by atoms with Crippen molar-refractivity contribution in [2.75, 3.05) is 25.6 Å². The lowest BCUT2D eigenvalue weighted by molar-refractivity contribution is 0.183. The third-order valence-electron chi connectivity index (χ3n) is 3.93. The summed E-state index contributed by atoms with van der Waals surface area (Å²) in [6.45, 7) is 3.62. The Hall–Kier alpha value is 0.270. The lowest BCUT2D eigenvalue weighted by atomic mass is 9.86. The normalized spacial score (nSPS) is 28.3. The Balaban J connectivity index is 2.19. The van der Waals surface area contributed by atoms with Crippen LogP contribution >= 0.6 is 11.8 Å². The maximum atomic E-state index is 5.94. The first kappa shape index (κ1) is 14.3. The van der Waals surface area contributed by atoms with Gasteiger partial charge in [0.25, 0.3) is 0 Å². The summed E-state index contributed by atoms with van der Waals surface area (Å²) in [5.41, 5.74) is 5.94. The van der Waals surface area contributed by atoms with E-state index in [0.29, 0.717) is 6.04 Å². The molecule has 16 heavy (non-hydrogen) atoms. The molecule has 96 valence electrons. The van der Waals surface area contributed by atoms with Gasteiger partial charge in [0.15, 0.2) is 0 Å². The molecule has 1 saturated carbocycles. The van der Waals surface area contributed by atoms with Crippen molar-refractivity contribution in [3.05, 3.63) is 0 Å². The molecule has 1 aliphatic carbocycles. The van der Waals surface area contributed by atoms with Crippen molar-refractivity contribution in [2.45, 2.75) is 51.1 Å². The summed E-state index contributed by atoms with van der Waals surface area (Å²) in [5, 5.41) is 0. The van der Waals surface area contributed by atoms with Gasteiger partial charge < -0.3 is 10.6 Å². The van der Waals surface area contributed by atoms with Gasteiger partial charge in [0, 0.05) is 18.6 Å². The summed E-state index contributed by atoms with van der Waals surface area (Å²) in [5.74, 6) is 2.17. The lowest BCUT2D eigenvalue weighted by Crippen LogP contribution is -2.37. The highest BCUT2D eigenvalue weighted by Crippen LogP contribution is 2.24. The molecular weight excluding hydrogens is 216 g/mol. The second-order valence-electron chi connectivity index (χ2n) is 5.35. The van der Waals surface area contributed by atoms with E-state index in [0.717, 1.165) is 12.0 Å². The highest BCUT2D eigenvalue weighted by molar-refractivity contribution is 7.98. The molecule has 1 rings (SSSR count). The molecule has 0 aromatic heterocycles. The van der Waals surface area contributed by atoms with E-state index in [9.17, 15) is 0 Å². The predicted molar refractivity (Wildman–Crippen MR) is 75.0 cm³/mol. The van der Waals surface area contributed by atoms with Crippen molar-refractivity contribution >= 4 is 11.8 Å². The van der Waals surface area contributed by atoms with Gasteiger partial charge in [-0.3, -0.25) is 0 Å². The Morgan fingerprint density at radius 3 is 2.50 bits per heavy atom. The fraction of sp³-hybridized carbons (Fsp3) is 1.00. The largest absolute Gasteiger partial charge is 0.328 e. The Kier molecular flexibility index (Phi) is 6.78. The van der Waals surface area contributed by atoms with Crippen molar-refractivity contribution in [3.8, 4) is 0 Å². The highest BCUT2D eigenvalue weighted by Gasteiger charge is 2.21. The first-order valence-corrected chi connectivity index (χ1v) is 7.97. The first-order chi connectivity index (χ1) is 7.63. The van der Waals surface area contributed by atoms with E-state index in [4.69, 9.17) is 5.73 Å². The van der Waals surface area contributed by atoms with Gasteiger partial charge in [-0.15, -0.1) is 0 Å². The van der Waals surface area contributed by atoms with Gasteiger partial charge in [0.05, 0.1) is 0 Å². The fourth-order valence-corrected chi connectivity index (χ4v) is 3.04. The van der Waals surface area contributed by atoms with E-state index in [1.165, 1.54) is 44.4 Å². The van der Waals surface area contributed by atoms with Crippen molar-refractivity contribution in [3.63, 3.8) is 0 Å². The number of thioether (sulfide) groups is 1. The van der Waals surface area contributed by atoms with Crippen LogP contribution in [0.1, 0.15) is 39.0 Å².